The number of hydrogen-bond donors (Lipinski definition) is 1. The van der Waals surface area contributed by atoms with Gasteiger partial charge in [-0.05, 0) is 61.3 Å². The van der Waals surface area contributed by atoms with Gasteiger partial charge in [0.2, 0.25) is 5.78 Å². The van der Waals surface area contributed by atoms with Crippen LogP contribution in [-0.4, -0.2) is 26.8 Å². The highest BCUT2D eigenvalue weighted by Gasteiger charge is 2.41. The second kappa shape index (κ2) is 5.87. The van der Waals surface area contributed by atoms with E-state index in [1.54, 1.807) is 29.1 Å². The molecule has 1 amide bonds. The van der Waals surface area contributed by atoms with E-state index in [9.17, 15) is 4.79 Å². The molecule has 2 atom stereocenters. The van der Waals surface area contributed by atoms with Crippen LogP contribution in [0, 0.1) is 23.2 Å². The van der Waals surface area contributed by atoms with E-state index in [0.29, 0.717) is 11.5 Å². The fourth-order valence-electron chi connectivity index (χ4n) is 5.26. The van der Waals surface area contributed by atoms with Crippen LogP contribution in [0.5, 0.6) is 0 Å². The maximum Gasteiger partial charge on any atom is 0.268 e. The lowest BCUT2D eigenvalue weighted by Crippen LogP contribution is -2.43. The van der Waals surface area contributed by atoms with E-state index in [1.165, 1.54) is 32.1 Å². The predicted octanol–water partition coefficient (Wildman–Crippen LogP) is 3.31. The van der Waals surface area contributed by atoms with Crippen LogP contribution in [0.4, 0.5) is 0 Å². The lowest BCUT2D eigenvalue weighted by molar-refractivity contribution is 0.0448. The molecule has 0 saturated heterocycles. The molecule has 0 aromatic carbocycles. The Morgan fingerprint density at radius 1 is 1.25 bits per heavy atom. The zero-order valence-corrected chi connectivity index (χ0v) is 14.5. The van der Waals surface area contributed by atoms with Crippen LogP contribution in [0.25, 0.3) is 5.78 Å². The van der Waals surface area contributed by atoms with Gasteiger partial charge in [-0.15, -0.1) is 0 Å². The van der Waals surface area contributed by atoms with Crippen molar-refractivity contribution in [1.29, 1.82) is 0 Å². The second-order valence-corrected chi connectivity index (χ2v) is 8.37. The molecule has 0 radical (unpaired) electrons. The highest BCUT2D eigenvalue weighted by molar-refractivity contribution is 5.93. The third-order valence-electron chi connectivity index (χ3n) is 5.91. The van der Waals surface area contributed by atoms with Crippen LogP contribution in [-0.2, 0) is 0 Å². The maximum atomic E-state index is 12.7. The van der Waals surface area contributed by atoms with Gasteiger partial charge in [0.15, 0.2) is 0 Å². The number of nitrogens with zero attached hydrogens (tertiary/aromatic N) is 3. The summed E-state index contributed by atoms with van der Waals surface area (Å²) < 4.78 is 1.74. The molecule has 0 spiro atoms. The van der Waals surface area contributed by atoms with E-state index in [2.05, 4.69) is 29.1 Å². The Morgan fingerprint density at radius 2 is 1.96 bits per heavy atom. The number of nitrogens with one attached hydrogen (secondary N) is 1. The minimum Gasteiger partial charge on any atom is -0.350 e. The third kappa shape index (κ3) is 2.92. The molecule has 5 nitrogen and oxygen atoms in total. The number of imidazole rings is 1. The van der Waals surface area contributed by atoms with Crippen LogP contribution in [0.15, 0.2) is 24.7 Å². The quantitative estimate of drug-likeness (QED) is 0.941. The summed E-state index contributed by atoms with van der Waals surface area (Å²) in [6.45, 7) is 5.50. The molecule has 2 aliphatic rings. The summed E-state index contributed by atoms with van der Waals surface area (Å²) >= 11 is 0. The Bertz CT molecular complexity index is 735. The minimum absolute atomic E-state index is 0.0364. The van der Waals surface area contributed by atoms with Crippen molar-refractivity contribution in [3.8, 4) is 0 Å². The first kappa shape index (κ1) is 15.6. The molecule has 2 aliphatic carbocycles. The maximum absolute atomic E-state index is 12.7. The smallest absolute Gasteiger partial charge is 0.268 e. The number of carbonyl (C=O) groups is 1. The van der Waals surface area contributed by atoms with E-state index in [-0.39, 0.29) is 11.3 Å². The molecular formula is C19H26N4O. The Kier molecular flexibility index (Phi) is 3.82. The van der Waals surface area contributed by atoms with Crippen molar-refractivity contribution < 1.29 is 4.79 Å². The Morgan fingerprint density at radius 3 is 2.71 bits per heavy atom. The van der Waals surface area contributed by atoms with Gasteiger partial charge in [0, 0.05) is 25.1 Å². The normalized spacial score (nSPS) is 32.7. The molecule has 2 bridgehead atoms. The fraction of sp³-hybridized carbons (Fsp3) is 0.632. The van der Waals surface area contributed by atoms with E-state index >= 15 is 0 Å². The predicted molar refractivity (Wildman–Crippen MR) is 92.7 cm³/mol. The first-order valence-electron chi connectivity index (χ1n) is 9.09. The van der Waals surface area contributed by atoms with E-state index in [4.69, 9.17) is 0 Å². The Hall–Kier alpha value is -1.91. The first-order chi connectivity index (χ1) is 11.5. The van der Waals surface area contributed by atoms with Gasteiger partial charge < -0.3 is 5.32 Å². The van der Waals surface area contributed by atoms with Gasteiger partial charge in [0.25, 0.3) is 5.91 Å². The van der Waals surface area contributed by atoms with Crippen LogP contribution in [0.2, 0.25) is 0 Å². The molecule has 0 aliphatic heterocycles. The van der Waals surface area contributed by atoms with E-state index in [1.807, 2.05) is 0 Å². The molecule has 2 heterocycles. The van der Waals surface area contributed by atoms with Crippen molar-refractivity contribution in [3.05, 3.63) is 30.4 Å². The topological polar surface area (TPSA) is 59.3 Å². The SMILES string of the molecule is CC1CC2CC(C1)CC(C)(CNC(=O)c1ccnc3nccn13)C2. The summed E-state index contributed by atoms with van der Waals surface area (Å²) in [6, 6.07) is 1.75. The summed E-state index contributed by atoms with van der Waals surface area (Å²) in [5.74, 6) is 3.09. The van der Waals surface area contributed by atoms with Crippen LogP contribution >= 0.6 is 0 Å². The zero-order chi connectivity index (χ0) is 16.7. The highest BCUT2D eigenvalue weighted by atomic mass is 16.1. The summed E-state index contributed by atoms with van der Waals surface area (Å²) in [7, 11) is 0. The van der Waals surface area contributed by atoms with Crippen molar-refractivity contribution in [2.24, 2.45) is 23.2 Å². The standard InChI is InChI=1S/C19H26N4O/c1-13-7-14-9-15(8-13)11-19(2,10-14)12-22-17(24)16-3-4-20-18-21-5-6-23(16)18/h3-6,13-15H,7-12H2,1-2H3,(H,22,24). The van der Waals surface area contributed by atoms with Crippen molar-refractivity contribution in [1.82, 2.24) is 19.7 Å². The van der Waals surface area contributed by atoms with Crippen molar-refractivity contribution in [2.75, 3.05) is 6.54 Å². The molecule has 2 fully saturated rings. The lowest BCUT2D eigenvalue weighted by Gasteiger charge is -2.47. The van der Waals surface area contributed by atoms with Crippen LogP contribution < -0.4 is 5.32 Å². The average molecular weight is 326 g/mol. The lowest BCUT2D eigenvalue weighted by atomic mass is 9.59. The van der Waals surface area contributed by atoms with E-state index in [0.717, 1.165) is 24.3 Å². The van der Waals surface area contributed by atoms with Gasteiger partial charge in [-0.25, -0.2) is 9.97 Å². The first-order valence-corrected chi connectivity index (χ1v) is 9.09. The monoisotopic (exact) mass is 326 g/mol. The summed E-state index contributed by atoms with van der Waals surface area (Å²) in [5.41, 5.74) is 0.829. The summed E-state index contributed by atoms with van der Waals surface area (Å²) in [5, 5.41) is 3.18. The minimum atomic E-state index is -0.0364. The van der Waals surface area contributed by atoms with Crippen molar-refractivity contribution in [3.63, 3.8) is 0 Å². The number of hydrogen-bond acceptors (Lipinski definition) is 3. The Labute approximate surface area is 142 Å². The second-order valence-electron chi connectivity index (χ2n) is 8.37. The number of fused-ring (bicyclic) bond motifs is 3. The zero-order valence-electron chi connectivity index (χ0n) is 14.5. The van der Waals surface area contributed by atoms with Gasteiger partial charge in [-0.2, -0.15) is 0 Å². The third-order valence-corrected chi connectivity index (χ3v) is 5.91. The highest BCUT2D eigenvalue weighted by Crippen LogP contribution is 2.49. The van der Waals surface area contributed by atoms with Gasteiger partial charge >= 0.3 is 0 Å². The molecule has 24 heavy (non-hydrogen) atoms. The molecule has 2 saturated carbocycles. The van der Waals surface area contributed by atoms with E-state index < -0.39 is 0 Å². The van der Waals surface area contributed by atoms with Crippen molar-refractivity contribution >= 4 is 11.7 Å². The molecule has 2 aromatic rings. The average Bonchev–Trinajstić information content (AvgIpc) is 2.99. The molecule has 128 valence electrons. The Balaban J connectivity index is 1.45. The molecular weight excluding hydrogens is 300 g/mol. The molecule has 4 rings (SSSR count). The number of aromatic nitrogens is 3. The van der Waals surface area contributed by atoms with Crippen LogP contribution in [0.1, 0.15) is 56.4 Å². The molecule has 2 aromatic heterocycles. The van der Waals surface area contributed by atoms with Gasteiger partial charge in [0.05, 0.1) is 0 Å². The van der Waals surface area contributed by atoms with Crippen LogP contribution in [0.3, 0.4) is 0 Å². The molecule has 1 N–H and O–H groups in total. The molecule has 5 heteroatoms. The van der Waals surface area contributed by atoms with Gasteiger partial charge in [0.1, 0.15) is 5.69 Å². The molecule has 2 unspecified atom stereocenters. The largest absolute Gasteiger partial charge is 0.350 e. The number of carbonyl (C=O) groups excluding carboxylic acids is 1. The number of rotatable bonds is 3. The van der Waals surface area contributed by atoms with Gasteiger partial charge in [-0.3, -0.25) is 9.20 Å². The fourth-order valence-corrected chi connectivity index (χ4v) is 5.26. The summed E-state index contributed by atoms with van der Waals surface area (Å²) in [6.07, 6.45) is 11.7. The summed E-state index contributed by atoms with van der Waals surface area (Å²) in [4.78, 5) is 21.0. The number of amides is 1. The van der Waals surface area contributed by atoms with Crippen molar-refractivity contribution in [2.45, 2.75) is 46.0 Å². The van der Waals surface area contributed by atoms with Gasteiger partial charge in [-0.1, -0.05) is 13.8 Å².